The molecule has 0 aromatic heterocycles. The van der Waals surface area contributed by atoms with Crippen LogP contribution in [-0.4, -0.2) is 36.8 Å². The maximum absolute atomic E-state index is 12.3. The first kappa shape index (κ1) is 15.2. The van der Waals surface area contributed by atoms with Crippen LogP contribution in [0.4, 0.5) is 13.2 Å². The van der Waals surface area contributed by atoms with E-state index in [4.69, 9.17) is 4.74 Å². The lowest BCUT2D eigenvalue weighted by atomic mass is 10.1. The lowest BCUT2D eigenvalue weighted by Gasteiger charge is -2.32. The molecule has 0 amide bonds. The molecule has 2 rings (SSSR count). The van der Waals surface area contributed by atoms with Crippen molar-refractivity contribution in [2.45, 2.75) is 38.5 Å². The molecule has 1 heterocycles. The van der Waals surface area contributed by atoms with E-state index < -0.39 is 12.7 Å². The third-order valence-corrected chi connectivity index (χ3v) is 3.57. The Morgan fingerprint density at radius 1 is 1.15 bits per heavy atom. The van der Waals surface area contributed by atoms with Gasteiger partial charge in [-0.15, -0.1) is 0 Å². The summed E-state index contributed by atoms with van der Waals surface area (Å²) in [7, 11) is 0. The van der Waals surface area contributed by atoms with E-state index in [-0.39, 0.29) is 6.10 Å². The summed E-state index contributed by atoms with van der Waals surface area (Å²) in [5.74, 6) is 0.802. The van der Waals surface area contributed by atoms with Gasteiger partial charge in [-0.05, 0) is 37.0 Å². The van der Waals surface area contributed by atoms with Gasteiger partial charge in [0.05, 0.1) is 6.54 Å². The van der Waals surface area contributed by atoms with Gasteiger partial charge >= 0.3 is 6.18 Å². The molecule has 1 fully saturated rings. The number of rotatable bonds is 4. The molecule has 1 aromatic carbocycles. The van der Waals surface area contributed by atoms with Crippen molar-refractivity contribution in [3.63, 3.8) is 0 Å². The van der Waals surface area contributed by atoms with Gasteiger partial charge in [0, 0.05) is 13.1 Å². The molecule has 112 valence electrons. The summed E-state index contributed by atoms with van der Waals surface area (Å²) >= 11 is 0. The number of hydrogen-bond acceptors (Lipinski definition) is 2. The third kappa shape index (κ3) is 4.71. The number of piperidine rings is 1. The minimum atomic E-state index is -4.11. The van der Waals surface area contributed by atoms with Crippen molar-refractivity contribution < 1.29 is 17.9 Å². The zero-order chi connectivity index (χ0) is 14.6. The van der Waals surface area contributed by atoms with E-state index in [0.29, 0.717) is 25.9 Å². The van der Waals surface area contributed by atoms with Crippen molar-refractivity contribution in [1.29, 1.82) is 0 Å². The maximum Gasteiger partial charge on any atom is 0.401 e. The average Bonchev–Trinajstić information content (AvgIpc) is 2.40. The van der Waals surface area contributed by atoms with E-state index in [9.17, 15) is 13.2 Å². The van der Waals surface area contributed by atoms with Crippen molar-refractivity contribution in [3.05, 3.63) is 29.8 Å². The van der Waals surface area contributed by atoms with Crippen molar-refractivity contribution in [2.24, 2.45) is 0 Å². The standard InChI is InChI=1S/C15H20F3NO/c1-2-12-3-5-13(6-4-12)20-14-7-9-19(10-8-14)11-15(16,17)18/h3-6,14H,2,7-11H2,1H3. The molecule has 20 heavy (non-hydrogen) atoms. The van der Waals surface area contributed by atoms with Gasteiger partial charge in [0.15, 0.2) is 0 Å². The largest absolute Gasteiger partial charge is 0.490 e. The fraction of sp³-hybridized carbons (Fsp3) is 0.600. The first-order valence-electron chi connectivity index (χ1n) is 7.01. The number of nitrogens with zero attached hydrogens (tertiary/aromatic N) is 1. The van der Waals surface area contributed by atoms with Crippen LogP contribution in [0.15, 0.2) is 24.3 Å². The molecule has 1 aromatic rings. The third-order valence-electron chi connectivity index (χ3n) is 3.57. The molecular formula is C15H20F3NO. The first-order chi connectivity index (χ1) is 9.46. The summed E-state index contributed by atoms with van der Waals surface area (Å²) in [5.41, 5.74) is 1.25. The highest BCUT2D eigenvalue weighted by molar-refractivity contribution is 5.27. The van der Waals surface area contributed by atoms with Gasteiger partial charge in [0.25, 0.3) is 0 Å². The molecule has 0 saturated carbocycles. The predicted octanol–water partition coefficient (Wildman–Crippen LogP) is 3.65. The Bertz CT molecular complexity index is 408. The fourth-order valence-electron chi connectivity index (χ4n) is 2.43. The summed E-state index contributed by atoms with van der Waals surface area (Å²) in [5, 5.41) is 0. The molecule has 1 saturated heterocycles. The molecular weight excluding hydrogens is 267 g/mol. The predicted molar refractivity (Wildman–Crippen MR) is 72.0 cm³/mol. The molecule has 1 aliphatic heterocycles. The van der Waals surface area contributed by atoms with Crippen molar-refractivity contribution in [2.75, 3.05) is 19.6 Å². The van der Waals surface area contributed by atoms with E-state index in [2.05, 4.69) is 6.92 Å². The number of hydrogen-bond donors (Lipinski definition) is 0. The summed E-state index contributed by atoms with van der Waals surface area (Å²) in [6, 6.07) is 7.91. The van der Waals surface area contributed by atoms with E-state index in [1.807, 2.05) is 24.3 Å². The minimum Gasteiger partial charge on any atom is -0.490 e. The van der Waals surface area contributed by atoms with Crippen molar-refractivity contribution in [3.8, 4) is 5.75 Å². The van der Waals surface area contributed by atoms with Crippen LogP contribution >= 0.6 is 0 Å². The Morgan fingerprint density at radius 3 is 2.25 bits per heavy atom. The Labute approximate surface area is 117 Å². The van der Waals surface area contributed by atoms with Crippen LogP contribution in [0.1, 0.15) is 25.3 Å². The number of likely N-dealkylation sites (tertiary alicyclic amines) is 1. The smallest absolute Gasteiger partial charge is 0.401 e. The average molecular weight is 287 g/mol. The molecule has 0 bridgehead atoms. The maximum atomic E-state index is 12.3. The molecule has 0 unspecified atom stereocenters. The monoisotopic (exact) mass is 287 g/mol. The van der Waals surface area contributed by atoms with Crippen LogP contribution in [0.25, 0.3) is 0 Å². The second-order valence-corrected chi connectivity index (χ2v) is 5.21. The van der Waals surface area contributed by atoms with E-state index in [1.165, 1.54) is 10.5 Å². The van der Waals surface area contributed by atoms with Gasteiger partial charge in [-0.2, -0.15) is 13.2 Å². The lowest BCUT2D eigenvalue weighted by molar-refractivity contribution is -0.149. The van der Waals surface area contributed by atoms with Crippen molar-refractivity contribution >= 4 is 0 Å². The van der Waals surface area contributed by atoms with Gasteiger partial charge in [-0.25, -0.2) is 0 Å². The van der Waals surface area contributed by atoms with Crippen LogP contribution < -0.4 is 4.74 Å². The van der Waals surface area contributed by atoms with Crippen LogP contribution in [0.5, 0.6) is 5.75 Å². The Kier molecular flexibility index (Phi) is 4.91. The van der Waals surface area contributed by atoms with Gasteiger partial charge in [0.1, 0.15) is 11.9 Å². The summed E-state index contributed by atoms with van der Waals surface area (Å²) in [4.78, 5) is 1.44. The Morgan fingerprint density at radius 2 is 1.75 bits per heavy atom. The molecule has 0 N–H and O–H groups in total. The number of aryl methyl sites for hydroxylation is 1. The summed E-state index contributed by atoms with van der Waals surface area (Å²) < 4.78 is 42.7. The zero-order valence-corrected chi connectivity index (χ0v) is 11.6. The number of alkyl halides is 3. The Hall–Kier alpha value is -1.23. The molecule has 0 spiro atoms. The number of halogens is 3. The van der Waals surface area contributed by atoms with E-state index in [1.54, 1.807) is 0 Å². The lowest BCUT2D eigenvalue weighted by Crippen LogP contribution is -2.42. The highest BCUT2D eigenvalue weighted by Gasteiger charge is 2.32. The molecule has 0 radical (unpaired) electrons. The molecule has 0 aliphatic carbocycles. The zero-order valence-electron chi connectivity index (χ0n) is 11.6. The normalized spacial score (nSPS) is 18.2. The van der Waals surface area contributed by atoms with Gasteiger partial charge in [-0.3, -0.25) is 4.90 Å². The summed E-state index contributed by atoms with van der Waals surface area (Å²) in [6.07, 6.45) is -1.82. The van der Waals surface area contributed by atoms with Gasteiger partial charge < -0.3 is 4.74 Å². The molecule has 0 atom stereocenters. The molecule has 5 heteroatoms. The SMILES string of the molecule is CCc1ccc(OC2CCN(CC(F)(F)F)CC2)cc1. The number of ether oxygens (including phenoxy) is 1. The summed E-state index contributed by atoms with van der Waals surface area (Å²) in [6.45, 7) is 2.16. The van der Waals surface area contributed by atoms with Crippen LogP contribution in [-0.2, 0) is 6.42 Å². The first-order valence-corrected chi connectivity index (χ1v) is 7.01. The number of benzene rings is 1. The van der Waals surface area contributed by atoms with Crippen LogP contribution in [0, 0.1) is 0 Å². The second kappa shape index (κ2) is 6.48. The van der Waals surface area contributed by atoms with E-state index >= 15 is 0 Å². The second-order valence-electron chi connectivity index (χ2n) is 5.21. The quantitative estimate of drug-likeness (QED) is 0.838. The minimum absolute atomic E-state index is 0.0203. The van der Waals surface area contributed by atoms with Gasteiger partial charge in [0.2, 0.25) is 0 Å². The highest BCUT2D eigenvalue weighted by atomic mass is 19.4. The fourth-order valence-corrected chi connectivity index (χ4v) is 2.43. The van der Waals surface area contributed by atoms with Crippen molar-refractivity contribution in [1.82, 2.24) is 4.90 Å². The van der Waals surface area contributed by atoms with E-state index in [0.717, 1.165) is 12.2 Å². The highest BCUT2D eigenvalue weighted by Crippen LogP contribution is 2.23. The Balaban J connectivity index is 1.79. The topological polar surface area (TPSA) is 12.5 Å². The molecule has 2 nitrogen and oxygen atoms in total. The van der Waals surface area contributed by atoms with Crippen LogP contribution in [0.2, 0.25) is 0 Å². The van der Waals surface area contributed by atoms with Crippen LogP contribution in [0.3, 0.4) is 0 Å². The van der Waals surface area contributed by atoms with Gasteiger partial charge in [-0.1, -0.05) is 19.1 Å². The molecule has 1 aliphatic rings.